The number of hydrogen-bond acceptors (Lipinski definition) is 4. The first kappa shape index (κ1) is 20.6. The Kier molecular flexibility index (Phi) is 4.77. The summed E-state index contributed by atoms with van der Waals surface area (Å²) in [5, 5.41) is 7.57. The van der Waals surface area contributed by atoms with Crippen LogP contribution < -0.4 is 0 Å². The highest BCUT2D eigenvalue weighted by Gasteiger charge is 2.49. The van der Waals surface area contributed by atoms with Gasteiger partial charge in [-0.3, -0.25) is 14.7 Å². The lowest BCUT2D eigenvalue weighted by Crippen LogP contribution is -2.43. The number of aromatic nitrogens is 3. The molecule has 0 radical (unpaired) electrons. The first-order valence-electron chi connectivity index (χ1n) is 10.4. The maximum absolute atomic E-state index is 13.5. The smallest absolute Gasteiger partial charge is 0.272 e. The third-order valence-corrected chi connectivity index (χ3v) is 6.57. The fourth-order valence-corrected chi connectivity index (χ4v) is 4.43. The second-order valence-electron chi connectivity index (χ2n) is 8.56. The third kappa shape index (κ3) is 3.26. The molecule has 32 heavy (non-hydrogen) atoms. The van der Waals surface area contributed by atoms with Gasteiger partial charge in [-0.05, 0) is 25.0 Å². The molecule has 2 aromatic heterocycles. The molecule has 0 saturated heterocycles. The van der Waals surface area contributed by atoms with Crippen molar-refractivity contribution < 1.29 is 23.1 Å². The van der Waals surface area contributed by atoms with Crippen molar-refractivity contribution in [1.29, 1.82) is 0 Å². The monoisotopic (exact) mass is 443 g/mol. The summed E-state index contributed by atoms with van der Waals surface area (Å²) in [4.78, 5) is 32.5. The van der Waals surface area contributed by atoms with Crippen molar-refractivity contribution >= 4 is 22.7 Å². The number of carbonyl (C=O) groups is 2. The van der Waals surface area contributed by atoms with Crippen molar-refractivity contribution in [1.82, 2.24) is 25.0 Å². The minimum atomic E-state index is -0.978. The van der Waals surface area contributed by atoms with Crippen molar-refractivity contribution in [3.05, 3.63) is 52.5 Å². The number of benzene rings is 1. The van der Waals surface area contributed by atoms with Crippen molar-refractivity contribution in [3.8, 4) is 0 Å². The molecular formula is C22H23F2N5O3. The van der Waals surface area contributed by atoms with E-state index in [-0.39, 0.29) is 29.6 Å². The van der Waals surface area contributed by atoms with Crippen LogP contribution in [-0.2, 0) is 17.7 Å². The standard InChI is InChI=1S/C22H23F2N5O3/c1-28(22(4-5-22)11-32-2)21(31)19-13-10-29(6-3-16(13)26-27-19)20(30)18-8-12-7-14(23)15(24)9-17(12)25-18/h7-9,25H,3-6,10-11H2,1-2H3,(H,26,27). The second kappa shape index (κ2) is 7.40. The molecule has 5 rings (SSSR count). The van der Waals surface area contributed by atoms with Crippen molar-refractivity contribution in [2.24, 2.45) is 0 Å². The van der Waals surface area contributed by atoms with Gasteiger partial charge in [0.15, 0.2) is 11.6 Å². The summed E-state index contributed by atoms with van der Waals surface area (Å²) in [6.45, 7) is 1.11. The molecule has 0 unspecified atom stereocenters. The molecule has 1 aliphatic carbocycles. The van der Waals surface area contributed by atoms with Crippen LogP contribution >= 0.6 is 0 Å². The molecule has 1 fully saturated rings. The molecule has 1 aromatic carbocycles. The van der Waals surface area contributed by atoms with Gasteiger partial charge in [-0.25, -0.2) is 8.78 Å². The van der Waals surface area contributed by atoms with Crippen molar-refractivity contribution in [2.45, 2.75) is 31.3 Å². The van der Waals surface area contributed by atoms with Crippen molar-refractivity contribution in [2.75, 3.05) is 27.3 Å². The minimum Gasteiger partial charge on any atom is -0.382 e. The Morgan fingerprint density at radius 3 is 2.72 bits per heavy atom. The normalized spacial score (nSPS) is 16.8. The number of rotatable bonds is 5. The van der Waals surface area contributed by atoms with Gasteiger partial charge < -0.3 is 19.5 Å². The Morgan fingerprint density at radius 1 is 1.25 bits per heavy atom. The summed E-state index contributed by atoms with van der Waals surface area (Å²) in [6.07, 6.45) is 2.26. The lowest BCUT2D eigenvalue weighted by molar-refractivity contribution is 0.0541. The lowest BCUT2D eigenvalue weighted by Gasteiger charge is -2.29. The molecule has 10 heteroatoms. The fourth-order valence-electron chi connectivity index (χ4n) is 4.43. The van der Waals surface area contributed by atoms with Crippen LogP contribution in [0.25, 0.3) is 10.9 Å². The molecule has 168 valence electrons. The summed E-state index contributed by atoms with van der Waals surface area (Å²) in [5.74, 6) is -2.43. The van der Waals surface area contributed by atoms with Crippen LogP contribution in [0, 0.1) is 11.6 Å². The molecule has 1 aliphatic heterocycles. The highest BCUT2D eigenvalue weighted by Crippen LogP contribution is 2.42. The number of likely N-dealkylation sites (N-methyl/N-ethyl adjacent to an activating group) is 1. The number of halogens is 2. The van der Waals surface area contributed by atoms with Gasteiger partial charge in [-0.2, -0.15) is 5.10 Å². The predicted molar refractivity (Wildman–Crippen MR) is 111 cm³/mol. The molecule has 2 aliphatic rings. The molecule has 2 N–H and O–H groups in total. The number of fused-ring (bicyclic) bond motifs is 2. The average Bonchev–Trinajstić information content (AvgIpc) is 3.26. The number of carbonyl (C=O) groups excluding carboxylic acids is 2. The van der Waals surface area contributed by atoms with E-state index in [1.54, 1.807) is 24.0 Å². The van der Waals surface area contributed by atoms with E-state index in [1.165, 1.54) is 6.07 Å². The number of hydrogen-bond donors (Lipinski definition) is 2. The van der Waals surface area contributed by atoms with Gasteiger partial charge in [0.2, 0.25) is 0 Å². The zero-order valence-electron chi connectivity index (χ0n) is 17.8. The Balaban J connectivity index is 1.38. The molecule has 1 saturated carbocycles. The van der Waals surface area contributed by atoms with Crippen molar-refractivity contribution in [3.63, 3.8) is 0 Å². The molecule has 0 spiro atoms. The van der Waals surface area contributed by atoms with Crippen LogP contribution in [0.15, 0.2) is 18.2 Å². The largest absolute Gasteiger partial charge is 0.382 e. The van der Waals surface area contributed by atoms with Crippen LogP contribution in [0.3, 0.4) is 0 Å². The molecule has 8 nitrogen and oxygen atoms in total. The molecular weight excluding hydrogens is 420 g/mol. The number of H-pyrrole nitrogens is 2. The summed E-state index contributed by atoms with van der Waals surface area (Å²) in [6, 6.07) is 3.60. The Bertz CT molecular complexity index is 1190. The van der Waals surface area contributed by atoms with Crippen LogP contribution in [0.2, 0.25) is 0 Å². The first-order valence-corrected chi connectivity index (χ1v) is 10.4. The van der Waals surface area contributed by atoms with Crippen LogP contribution in [-0.4, -0.2) is 69.6 Å². The topological polar surface area (TPSA) is 94.3 Å². The van der Waals surface area contributed by atoms with E-state index >= 15 is 0 Å². The molecule has 3 aromatic rings. The number of aromatic amines is 2. The van der Waals surface area contributed by atoms with E-state index in [0.29, 0.717) is 41.7 Å². The summed E-state index contributed by atoms with van der Waals surface area (Å²) in [5.41, 5.74) is 2.13. The average molecular weight is 443 g/mol. The zero-order valence-corrected chi connectivity index (χ0v) is 17.8. The molecule has 0 bridgehead atoms. The van der Waals surface area contributed by atoms with Gasteiger partial charge in [-0.15, -0.1) is 0 Å². The van der Waals surface area contributed by atoms with Crippen LogP contribution in [0.1, 0.15) is 45.1 Å². The number of nitrogens with one attached hydrogen (secondary N) is 2. The van der Waals surface area contributed by atoms with Gasteiger partial charge in [-0.1, -0.05) is 0 Å². The van der Waals surface area contributed by atoms with Crippen LogP contribution in [0.4, 0.5) is 8.78 Å². The Labute approximate surface area is 182 Å². The number of amides is 2. The quantitative estimate of drug-likeness (QED) is 0.634. The molecule has 3 heterocycles. The van der Waals surface area contributed by atoms with E-state index in [4.69, 9.17) is 4.74 Å². The SMILES string of the molecule is COCC1(N(C)C(=O)c2[nH]nc3c2CN(C(=O)c2cc4cc(F)c(F)cc4[nH]2)CC3)CC1. The highest BCUT2D eigenvalue weighted by atomic mass is 19.2. The first-order chi connectivity index (χ1) is 15.3. The van der Waals surface area contributed by atoms with E-state index in [0.717, 1.165) is 30.7 Å². The third-order valence-electron chi connectivity index (χ3n) is 6.57. The summed E-state index contributed by atoms with van der Waals surface area (Å²) < 4.78 is 32.3. The minimum absolute atomic E-state index is 0.181. The van der Waals surface area contributed by atoms with Gasteiger partial charge in [0, 0.05) is 49.7 Å². The second-order valence-corrected chi connectivity index (χ2v) is 8.56. The summed E-state index contributed by atoms with van der Waals surface area (Å²) >= 11 is 0. The highest BCUT2D eigenvalue weighted by molar-refractivity contribution is 5.99. The van der Waals surface area contributed by atoms with Gasteiger partial charge >= 0.3 is 0 Å². The molecule has 2 amide bonds. The maximum Gasteiger partial charge on any atom is 0.272 e. The van der Waals surface area contributed by atoms with E-state index in [1.807, 2.05) is 0 Å². The van der Waals surface area contributed by atoms with E-state index in [9.17, 15) is 18.4 Å². The number of ether oxygens (including phenoxy) is 1. The number of methoxy groups -OCH3 is 1. The van der Waals surface area contributed by atoms with Gasteiger partial charge in [0.25, 0.3) is 11.8 Å². The lowest BCUT2D eigenvalue weighted by atomic mass is 10.0. The van der Waals surface area contributed by atoms with Crippen LogP contribution in [0.5, 0.6) is 0 Å². The maximum atomic E-state index is 13.5. The Hall–Kier alpha value is -3.27. The Morgan fingerprint density at radius 2 is 2.00 bits per heavy atom. The van der Waals surface area contributed by atoms with Gasteiger partial charge in [0.1, 0.15) is 11.4 Å². The number of nitrogens with zero attached hydrogens (tertiary/aromatic N) is 3. The van der Waals surface area contributed by atoms with E-state index < -0.39 is 11.6 Å². The van der Waals surface area contributed by atoms with Gasteiger partial charge in [0.05, 0.1) is 24.4 Å². The zero-order chi connectivity index (χ0) is 22.6. The summed E-state index contributed by atoms with van der Waals surface area (Å²) in [7, 11) is 3.38. The fraction of sp³-hybridized carbons (Fsp3) is 0.409. The van der Waals surface area contributed by atoms with E-state index in [2.05, 4.69) is 15.2 Å². The predicted octanol–water partition coefficient (Wildman–Crippen LogP) is 2.62. The molecule has 0 atom stereocenters.